The summed E-state index contributed by atoms with van der Waals surface area (Å²) in [4.78, 5) is 0. The molecule has 12 heavy (non-hydrogen) atoms. The van der Waals surface area contributed by atoms with Crippen molar-refractivity contribution in [3.8, 4) is 0 Å². The van der Waals surface area contributed by atoms with E-state index in [1.165, 1.54) is 57.9 Å². The lowest BCUT2D eigenvalue weighted by molar-refractivity contribution is -0.694. The first-order chi connectivity index (χ1) is 5.97. The van der Waals surface area contributed by atoms with E-state index in [2.05, 4.69) is 5.32 Å². The van der Waals surface area contributed by atoms with Gasteiger partial charge in [-0.25, -0.2) is 0 Å². The average molecular weight is 168 g/mol. The topological polar surface area (TPSA) is 16.6 Å². The Hall–Kier alpha value is -0.0400. The van der Waals surface area contributed by atoms with Crippen molar-refractivity contribution < 1.29 is 5.32 Å². The lowest BCUT2D eigenvalue weighted by Crippen LogP contribution is -2.91. The fourth-order valence-electron chi connectivity index (χ4n) is 2.96. The molecule has 2 aliphatic rings. The number of quaternary nitrogens is 1. The van der Waals surface area contributed by atoms with Crippen molar-refractivity contribution in [1.82, 2.24) is 0 Å². The minimum atomic E-state index is 1.01. The van der Waals surface area contributed by atoms with Crippen molar-refractivity contribution >= 4 is 0 Å². The van der Waals surface area contributed by atoms with E-state index in [4.69, 9.17) is 0 Å². The van der Waals surface area contributed by atoms with Crippen molar-refractivity contribution in [2.24, 2.45) is 5.92 Å². The van der Waals surface area contributed by atoms with Gasteiger partial charge in [0.15, 0.2) is 0 Å². The van der Waals surface area contributed by atoms with Gasteiger partial charge in [-0.05, 0) is 38.5 Å². The summed E-state index contributed by atoms with van der Waals surface area (Å²) in [7, 11) is 0. The van der Waals surface area contributed by atoms with Gasteiger partial charge in [-0.3, -0.25) is 0 Å². The first-order valence-electron chi connectivity index (χ1n) is 5.80. The van der Waals surface area contributed by atoms with E-state index in [1.54, 1.807) is 0 Å². The van der Waals surface area contributed by atoms with Gasteiger partial charge in [-0.2, -0.15) is 0 Å². The summed E-state index contributed by atoms with van der Waals surface area (Å²) in [6.07, 6.45) is 12.0. The van der Waals surface area contributed by atoms with E-state index in [0.29, 0.717) is 0 Å². The van der Waals surface area contributed by atoms with Crippen LogP contribution in [0.5, 0.6) is 0 Å². The second-order valence-electron chi connectivity index (χ2n) is 4.58. The summed E-state index contributed by atoms with van der Waals surface area (Å²) in [5, 5.41) is 2.64. The fourth-order valence-corrected chi connectivity index (χ4v) is 2.96. The zero-order valence-electron chi connectivity index (χ0n) is 8.10. The largest absolute Gasteiger partial charge is 0.344 e. The molecule has 2 rings (SSSR count). The van der Waals surface area contributed by atoms with Gasteiger partial charge in [0.2, 0.25) is 0 Å². The highest BCUT2D eigenvalue weighted by Gasteiger charge is 2.27. The van der Waals surface area contributed by atoms with Gasteiger partial charge in [0.1, 0.15) is 0 Å². The third-order valence-electron chi connectivity index (χ3n) is 3.72. The molecule has 0 aromatic rings. The van der Waals surface area contributed by atoms with Crippen molar-refractivity contribution in [2.75, 3.05) is 6.54 Å². The molecular formula is C11H22N+. The SMILES string of the molecule is C1CC[NH2+][C@H](C2CCCC2)CC1. The summed E-state index contributed by atoms with van der Waals surface area (Å²) in [5.74, 6) is 1.09. The third-order valence-corrected chi connectivity index (χ3v) is 3.72. The standard InChI is InChI=1S/C11H21N/c1-2-8-11(12-9-5-1)10-6-3-4-7-10/h10-12H,1-9H2/p+1/t11-/m0/s1. The summed E-state index contributed by atoms with van der Waals surface area (Å²) in [6, 6.07) is 1.01. The number of rotatable bonds is 1. The molecule has 0 radical (unpaired) electrons. The van der Waals surface area contributed by atoms with Crippen LogP contribution in [0.25, 0.3) is 0 Å². The molecule has 2 fully saturated rings. The van der Waals surface area contributed by atoms with Crippen molar-refractivity contribution in [1.29, 1.82) is 0 Å². The summed E-state index contributed by atoms with van der Waals surface area (Å²) in [5.41, 5.74) is 0. The molecule has 1 saturated carbocycles. The van der Waals surface area contributed by atoms with Crippen LogP contribution >= 0.6 is 0 Å². The van der Waals surface area contributed by atoms with Crippen LogP contribution in [-0.2, 0) is 0 Å². The Bertz CT molecular complexity index is 119. The molecule has 1 saturated heterocycles. The van der Waals surface area contributed by atoms with Gasteiger partial charge in [0.05, 0.1) is 12.6 Å². The van der Waals surface area contributed by atoms with Gasteiger partial charge in [-0.1, -0.05) is 12.8 Å². The number of nitrogens with two attached hydrogens (primary N) is 1. The third kappa shape index (κ3) is 2.01. The van der Waals surface area contributed by atoms with Crippen LogP contribution in [0.3, 0.4) is 0 Å². The summed E-state index contributed by atoms with van der Waals surface area (Å²) < 4.78 is 0. The van der Waals surface area contributed by atoms with Crippen molar-refractivity contribution in [3.05, 3.63) is 0 Å². The Labute approximate surface area is 75.9 Å². The maximum Gasteiger partial charge on any atom is 0.0887 e. The summed E-state index contributed by atoms with van der Waals surface area (Å²) >= 11 is 0. The average Bonchev–Trinajstić information content (AvgIpc) is 2.48. The van der Waals surface area contributed by atoms with Gasteiger partial charge in [-0.15, -0.1) is 0 Å². The van der Waals surface area contributed by atoms with Gasteiger partial charge < -0.3 is 5.32 Å². The molecule has 0 aromatic carbocycles. The molecule has 2 N–H and O–H groups in total. The molecular weight excluding hydrogens is 146 g/mol. The first kappa shape index (κ1) is 8.55. The predicted octanol–water partition coefficient (Wildman–Crippen LogP) is 1.68. The molecule has 1 aliphatic carbocycles. The van der Waals surface area contributed by atoms with E-state index in [1.807, 2.05) is 0 Å². The van der Waals surface area contributed by atoms with Crippen LogP contribution < -0.4 is 5.32 Å². The monoisotopic (exact) mass is 168 g/mol. The van der Waals surface area contributed by atoms with Crippen molar-refractivity contribution in [2.45, 2.75) is 57.4 Å². The maximum absolute atomic E-state index is 2.64. The minimum absolute atomic E-state index is 1.01. The normalized spacial score (nSPS) is 33.5. The zero-order valence-corrected chi connectivity index (χ0v) is 8.10. The van der Waals surface area contributed by atoms with Crippen LogP contribution in [0.2, 0.25) is 0 Å². The van der Waals surface area contributed by atoms with E-state index >= 15 is 0 Å². The van der Waals surface area contributed by atoms with Crippen LogP contribution in [0.4, 0.5) is 0 Å². The first-order valence-corrected chi connectivity index (χ1v) is 5.80. The smallest absolute Gasteiger partial charge is 0.0887 e. The predicted molar refractivity (Wildman–Crippen MR) is 51.0 cm³/mol. The second-order valence-corrected chi connectivity index (χ2v) is 4.58. The number of hydrogen-bond acceptors (Lipinski definition) is 0. The summed E-state index contributed by atoms with van der Waals surface area (Å²) in [6.45, 7) is 1.40. The molecule has 70 valence electrons. The maximum atomic E-state index is 2.64. The molecule has 0 aromatic heterocycles. The Kier molecular flexibility index (Phi) is 3.04. The molecule has 1 atom stereocenters. The molecule has 0 amide bonds. The van der Waals surface area contributed by atoms with Gasteiger partial charge in [0, 0.05) is 5.92 Å². The highest BCUT2D eigenvalue weighted by Crippen LogP contribution is 2.28. The van der Waals surface area contributed by atoms with E-state index in [9.17, 15) is 0 Å². The van der Waals surface area contributed by atoms with E-state index in [0.717, 1.165) is 12.0 Å². The Balaban J connectivity index is 1.83. The van der Waals surface area contributed by atoms with E-state index < -0.39 is 0 Å². The zero-order chi connectivity index (χ0) is 8.23. The second kappa shape index (κ2) is 4.27. The molecule has 0 spiro atoms. The van der Waals surface area contributed by atoms with Gasteiger partial charge >= 0.3 is 0 Å². The molecule has 1 heterocycles. The van der Waals surface area contributed by atoms with Crippen LogP contribution in [0.15, 0.2) is 0 Å². The number of hydrogen-bond donors (Lipinski definition) is 1. The molecule has 1 aliphatic heterocycles. The molecule has 1 nitrogen and oxygen atoms in total. The highest BCUT2D eigenvalue weighted by atomic mass is 14.9. The lowest BCUT2D eigenvalue weighted by atomic mass is 9.94. The fraction of sp³-hybridized carbons (Fsp3) is 1.00. The van der Waals surface area contributed by atoms with Gasteiger partial charge in [0.25, 0.3) is 0 Å². The lowest BCUT2D eigenvalue weighted by Gasteiger charge is -2.18. The van der Waals surface area contributed by atoms with Crippen LogP contribution in [0.1, 0.15) is 51.4 Å². The molecule has 0 unspecified atom stereocenters. The Morgan fingerprint density at radius 2 is 1.50 bits per heavy atom. The van der Waals surface area contributed by atoms with Crippen molar-refractivity contribution in [3.63, 3.8) is 0 Å². The van der Waals surface area contributed by atoms with Crippen LogP contribution in [0, 0.1) is 5.92 Å². The Morgan fingerprint density at radius 1 is 0.750 bits per heavy atom. The Morgan fingerprint density at radius 3 is 2.33 bits per heavy atom. The minimum Gasteiger partial charge on any atom is -0.344 e. The highest BCUT2D eigenvalue weighted by molar-refractivity contribution is 4.74. The molecule has 1 heteroatoms. The van der Waals surface area contributed by atoms with E-state index in [-0.39, 0.29) is 0 Å². The quantitative estimate of drug-likeness (QED) is 0.613. The molecule has 0 bridgehead atoms. The van der Waals surface area contributed by atoms with Crippen LogP contribution in [-0.4, -0.2) is 12.6 Å².